The van der Waals surface area contributed by atoms with E-state index < -0.39 is 25.0 Å². The average Bonchev–Trinajstić information content (AvgIpc) is 2.64. The first kappa shape index (κ1) is 20.2. The predicted octanol–water partition coefficient (Wildman–Crippen LogP) is 2.95. The molecule has 1 amide bonds. The van der Waals surface area contributed by atoms with E-state index in [0.29, 0.717) is 5.75 Å². The zero-order valence-electron chi connectivity index (χ0n) is 14.6. The summed E-state index contributed by atoms with van der Waals surface area (Å²) < 4.78 is 39.3. The number of aryl methyl sites for hydroxylation is 1. The molecule has 2 aromatic rings. The van der Waals surface area contributed by atoms with Gasteiger partial charge in [-0.3, -0.25) is 9.59 Å². The van der Waals surface area contributed by atoms with Gasteiger partial charge in [-0.15, -0.1) is 0 Å². The third kappa shape index (κ3) is 6.93. The summed E-state index contributed by atoms with van der Waals surface area (Å²) in [7, 11) is 0. The number of halogens is 2. The standard InChI is InChI=1S/C19H19F2NO5/c1-13-6-8-14(9-7-13)25-10-11-26-17(23)12-22-18(24)15-4-2-3-5-16(15)27-19(20)21/h2-9,19H,10-12H2,1H3,(H,22,24). The molecule has 0 saturated heterocycles. The summed E-state index contributed by atoms with van der Waals surface area (Å²) >= 11 is 0. The predicted molar refractivity (Wildman–Crippen MR) is 93.0 cm³/mol. The van der Waals surface area contributed by atoms with E-state index in [-0.39, 0.29) is 24.5 Å². The molecule has 2 aromatic carbocycles. The molecule has 0 radical (unpaired) electrons. The fraction of sp³-hybridized carbons (Fsp3) is 0.263. The van der Waals surface area contributed by atoms with Crippen molar-refractivity contribution in [3.8, 4) is 11.5 Å². The maximum Gasteiger partial charge on any atom is 0.387 e. The number of para-hydroxylation sites is 1. The lowest BCUT2D eigenvalue weighted by Crippen LogP contribution is -2.31. The number of carbonyl (C=O) groups is 2. The lowest BCUT2D eigenvalue weighted by Gasteiger charge is -2.11. The van der Waals surface area contributed by atoms with Gasteiger partial charge in [0.1, 0.15) is 31.3 Å². The highest BCUT2D eigenvalue weighted by atomic mass is 19.3. The molecule has 144 valence electrons. The van der Waals surface area contributed by atoms with E-state index in [1.54, 1.807) is 12.1 Å². The van der Waals surface area contributed by atoms with Crippen LogP contribution in [0.5, 0.6) is 11.5 Å². The minimum absolute atomic E-state index is 0.00760. The first-order chi connectivity index (χ1) is 13.0. The third-order valence-corrected chi connectivity index (χ3v) is 3.38. The van der Waals surface area contributed by atoms with Crippen molar-refractivity contribution in [3.63, 3.8) is 0 Å². The van der Waals surface area contributed by atoms with Crippen molar-refractivity contribution in [3.05, 3.63) is 59.7 Å². The molecule has 8 heteroatoms. The van der Waals surface area contributed by atoms with Gasteiger partial charge in [-0.1, -0.05) is 29.8 Å². The maximum absolute atomic E-state index is 12.4. The second kappa shape index (κ2) is 10.1. The van der Waals surface area contributed by atoms with Gasteiger partial charge in [0.2, 0.25) is 0 Å². The first-order valence-corrected chi connectivity index (χ1v) is 8.13. The number of carbonyl (C=O) groups excluding carboxylic acids is 2. The summed E-state index contributed by atoms with van der Waals surface area (Å²) in [5.74, 6) is -1.02. The van der Waals surface area contributed by atoms with Crippen LogP contribution in [0.25, 0.3) is 0 Å². The van der Waals surface area contributed by atoms with Gasteiger partial charge in [-0.05, 0) is 31.2 Å². The van der Waals surface area contributed by atoms with Gasteiger partial charge in [0, 0.05) is 0 Å². The quantitative estimate of drug-likeness (QED) is 0.536. The fourth-order valence-corrected chi connectivity index (χ4v) is 2.10. The number of hydrogen-bond donors (Lipinski definition) is 1. The van der Waals surface area contributed by atoms with Crippen molar-refractivity contribution in [1.29, 1.82) is 0 Å². The summed E-state index contributed by atoms with van der Waals surface area (Å²) in [4.78, 5) is 23.7. The molecule has 1 N–H and O–H groups in total. The molecule has 0 heterocycles. The smallest absolute Gasteiger partial charge is 0.387 e. The lowest BCUT2D eigenvalue weighted by atomic mass is 10.2. The zero-order chi connectivity index (χ0) is 19.6. The fourth-order valence-electron chi connectivity index (χ4n) is 2.10. The molecule has 0 aliphatic heterocycles. The summed E-state index contributed by atoms with van der Waals surface area (Å²) in [6.45, 7) is -1.34. The van der Waals surface area contributed by atoms with Crippen LogP contribution < -0.4 is 14.8 Å². The summed E-state index contributed by atoms with van der Waals surface area (Å²) in [6.07, 6.45) is 0. The summed E-state index contributed by atoms with van der Waals surface area (Å²) in [5, 5.41) is 2.30. The van der Waals surface area contributed by atoms with Crippen molar-refractivity contribution >= 4 is 11.9 Å². The Morgan fingerprint density at radius 3 is 2.44 bits per heavy atom. The Morgan fingerprint density at radius 2 is 1.74 bits per heavy atom. The highest BCUT2D eigenvalue weighted by Crippen LogP contribution is 2.20. The van der Waals surface area contributed by atoms with E-state index >= 15 is 0 Å². The normalized spacial score (nSPS) is 10.4. The second-order valence-electron chi connectivity index (χ2n) is 5.44. The van der Waals surface area contributed by atoms with Gasteiger partial charge >= 0.3 is 12.6 Å². The number of ether oxygens (including phenoxy) is 3. The number of esters is 1. The molecule has 0 fully saturated rings. The van der Waals surface area contributed by atoms with Crippen molar-refractivity contribution in [2.24, 2.45) is 0 Å². The molecular weight excluding hydrogens is 360 g/mol. The first-order valence-electron chi connectivity index (χ1n) is 8.13. The molecule has 6 nitrogen and oxygen atoms in total. The van der Waals surface area contributed by atoms with E-state index in [4.69, 9.17) is 9.47 Å². The van der Waals surface area contributed by atoms with E-state index in [9.17, 15) is 18.4 Å². The maximum atomic E-state index is 12.4. The van der Waals surface area contributed by atoms with Crippen LogP contribution in [0.15, 0.2) is 48.5 Å². The minimum Gasteiger partial charge on any atom is -0.490 e. The highest BCUT2D eigenvalue weighted by molar-refractivity contribution is 5.98. The lowest BCUT2D eigenvalue weighted by molar-refractivity contribution is -0.143. The monoisotopic (exact) mass is 379 g/mol. The average molecular weight is 379 g/mol. The van der Waals surface area contributed by atoms with Gasteiger partial charge in [0.05, 0.1) is 5.56 Å². The van der Waals surface area contributed by atoms with Crippen LogP contribution in [0, 0.1) is 6.92 Å². The molecular formula is C19H19F2NO5. The SMILES string of the molecule is Cc1ccc(OCCOC(=O)CNC(=O)c2ccccc2OC(F)F)cc1. The van der Waals surface area contributed by atoms with Gasteiger partial charge in [0.25, 0.3) is 5.91 Å². The van der Waals surface area contributed by atoms with Crippen molar-refractivity contribution in [2.45, 2.75) is 13.5 Å². The van der Waals surface area contributed by atoms with E-state index in [0.717, 1.165) is 5.56 Å². The number of benzene rings is 2. The van der Waals surface area contributed by atoms with Crippen LogP contribution in [0.1, 0.15) is 15.9 Å². The largest absolute Gasteiger partial charge is 0.490 e. The van der Waals surface area contributed by atoms with Gasteiger partial charge in [-0.25, -0.2) is 0 Å². The van der Waals surface area contributed by atoms with Crippen molar-refractivity contribution < 1.29 is 32.6 Å². The number of amides is 1. The Bertz CT molecular complexity index is 765. The molecule has 0 bridgehead atoms. The van der Waals surface area contributed by atoms with Gasteiger partial charge in [0.15, 0.2) is 0 Å². The summed E-state index contributed by atoms with van der Waals surface area (Å²) in [5.41, 5.74) is 0.998. The highest BCUT2D eigenvalue weighted by Gasteiger charge is 2.16. The van der Waals surface area contributed by atoms with Gasteiger partial charge in [-0.2, -0.15) is 8.78 Å². The molecule has 0 aliphatic carbocycles. The second-order valence-corrected chi connectivity index (χ2v) is 5.44. The number of rotatable bonds is 9. The molecule has 0 atom stereocenters. The van der Waals surface area contributed by atoms with E-state index in [1.165, 1.54) is 24.3 Å². The Morgan fingerprint density at radius 1 is 1.04 bits per heavy atom. The zero-order valence-corrected chi connectivity index (χ0v) is 14.6. The van der Waals surface area contributed by atoms with Crippen LogP contribution in [-0.4, -0.2) is 38.2 Å². The third-order valence-electron chi connectivity index (χ3n) is 3.38. The Kier molecular flexibility index (Phi) is 7.54. The van der Waals surface area contributed by atoms with Crippen LogP contribution in [0.4, 0.5) is 8.78 Å². The van der Waals surface area contributed by atoms with Crippen LogP contribution in [0.3, 0.4) is 0 Å². The van der Waals surface area contributed by atoms with Crippen molar-refractivity contribution in [2.75, 3.05) is 19.8 Å². The van der Waals surface area contributed by atoms with E-state index in [1.807, 2.05) is 19.1 Å². The summed E-state index contributed by atoms with van der Waals surface area (Å²) in [6, 6.07) is 12.9. The molecule has 0 spiro atoms. The van der Waals surface area contributed by atoms with Crippen LogP contribution in [0.2, 0.25) is 0 Å². The van der Waals surface area contributed by atoms with Crippen molar-refractivity contribution in [1.82, 2.24) is 5.32 Å². The van der Waals surface area contributed by atoms with E-state index in [2.05, 4.69) is 10.1 Å². The molecule has 0 saturated carbocycles. The Balaban J connectivity index is 1.72. The number of hydrogen-bond acceptors (Lipinski definition) is 5. The number of nitrogens with one attached hydrogen (secondary N) is 1. The number of alkyl halides is 2. The Hall–Kier alpha value is -3.16. The molecule has 2 rings (SSSR count). The molecule has 0 aliphatic rings. The molecule has 0 unspecified atom stereocenters. The topological polar surface area (TPSA) is 73.9 Å². The minimum atomic E-state index is -3.06. The molecule has 0 aromatic heterocycles. The van der Waals surface area contributed by atoms with Gasteiger partial charge < -0.3 is 19.5 Å². The molecule has 27 heavy (non-hydrogen) atoms. The van der Waals surface area contributed by atoms with Crippen LogP contribution in [-0.2, 0) is 9.53 Å². The Labute approximate surface area is 155 Å². The van der Waals surface area contributed by atoms with Crippen LogP contribution >= 0.6 is 0 Å².